The van der Waals surface area contributed by atoms with Gasteiger partial charge in [0.25, 0.3) is 0 Å². The van der Waals surface area contributed by atoms with Crippen LogP contribution in [0.25, 0.3) is 0 Å². The van der Waals surface area contributed by atoms with Gasteiger partial charge in [0.15, 0.2) is 0 Å². The van der Waals surface area contributed by atoms with E-state index in [9.17, 15) is 9.18 Å². The summed E-state index contributed by atoms with van der Waals surface area (Å²) in [6, 6.07) is 1.15. The van der Waals surface area contributed by atoms with Crippen molar-refractivity contribution in [2.24, 2.45) is 5.73 Å². The lowest BCUT2D eigenvalue weighted by molar-refractivity contribution is -0.138. The van der Waals surface area contributed by atoms with Gasteiger partial charge in [-0.25, -0.2) is 4.39 Å². The molecule has 0 amide bonds. The molecule has 1 unspecified atom stereocenters. The number of benzene rings is 1. The van der Waals surface area contributed by atoms with Crippen LogP contribution in [0, 0.1) is 5.82 Å². The van der Waals surface area contributed by atoms with Gasteiger partial charge in [-0.1, -0.05) is 11.6 Å². The minimum Gasteiger partial charge on any atom is -0.495 e. The van der Waals surface area contributed by atoms with Gasteiger partial charge in [-0.15, -0.1) is 0 Å². The first-order chi connectivity index (χ1) is 7.45. The Balaban J connectivity index is 3.04. The Hall–Kier alpha value is -1.33. The quantitative estimate of drug-likeness (QED) is 0.845. The molecule has 1 aromatic carbocycles. The van der Waals surface area contributed by atoms with Crippen LogP contribution >= 0.6 is 11.6 Å². The SMILES string of the molecule is COc1cc(F)cc(CC(N)C(=O)O)c1Cl. The van der Waals surface area contributed by atoms with Crippen molar-refractivity contribution in [3.8, 4) is 5.75 Å². The lowest BCUT2D eigenvalue weighted by atomic mass is 10.1. The van der Waals surface area contributed by atoms with Crippen LogP contribution in [-0.2, 0) is 11.2 Å². The van der Waals surface area contributed by atoms with Crippen molar-refractivity contribution in [1.29, 1.82) is 0 Å². The highest BCUT2D eigenvalue weighted by molar-refractivity contribution is 6.32. The molecule has 0 aliphatic rings. The highest BCUT2D eigenvalue weighted by Crippen LogP contribution is 2.29. The van der Waals surface area contributed by atoms with Crippen molar-refractivity contribution in [2.45, 2.75) is 12.5 Å². The minimum atomic E-state index is -1.17. The number of carbonyl (C=O) groups is 1. The van der Waals surface area contributed by atoms with E-state index in [1.165, 1.54) is 7.11 Å². The maximum Gasteiger partial charge on any atom is 0.320 e. The molecule has 1 atom stereocenters. The van der Waals surface area contributed by atoms with E-state index in [0.29, 0.717) is 5.56 Å². The zero-order valence-electron chi connectivity index (χ0n) is 8.54. The van der Waals surface area contributed by atoms with Crippen LogP contribution in [0.15, 0.2) is 12.1 Å². The molecule has 6 heteroatoms. The van der Waals surface area contributed by atoms with Crippen LogP contribution < -0.4 is 10.5 Å². The summed E-state index contributed by atoms with van der Waals surface area (Å²) in [5.74, 6) is -1.55. The summed E-state index contributed by atoms with van der Waals surface area (Å²) in [4.78, 5) is 10.6. The van der Waals surface area contributed by atoms with Crippen molar-refractivity contribution in [1.82, 2.24) is 0 Å². The molecular weight excluding hydrogens is 237 g/mol. The Morgan fingerprint density at radius 2 is 2.31 bits per heavy atom. The summed E-state index contributed by atoms with van der Waals surface area (Å²) in [5.41, 5.74) is 5.65. The van der Waals surface area contributed by atoms with Gasteiger partial charge in [-0.2, -0.15) is 0 Å². The van der Waals surface area contributed by atoms with Crippen LogP contribution in [0.2, 0.25) is 5.02 Å². The number of methoxy groups -OCH3 is 1. The fourth-order valence-corrected chi connectivity index (χ4v) is 1.50. The molecule has 0 bridgehead atoms. The van der Waals surface area contributed by atoms with Crippen molar-refractivity contribution >= 4 is 17.6 Å². The monoisotopic (exact) mass is 247 g/mol. The van der Waals surface area contributed by atoms with Gasteiger partial charge in [0.2, 0.25) is 0 Å². The zero-order valence-corrected chi connectivity index (χ0v) is 9.29. The van der Waals surface area contributed by atoms with E-state index in [0.717, 1.165) is 12.1 Å². The van der Waals surface area contributed by atoms with E-state index in [2.05, 4.69) is 0 Å². The number of carboxylic acids is 1. The second-order valence-corrected chi connectivity index (χ2v) is 3.61. The standard InChI is InChI=1S/C10H11ClFNO3/c1-16-8-4-6(12)2-5(9(8)11)3-7(13)10(14)15/h2,4,7H,3,13H2,1H3,(H,14,15). The molecule has 0 heterocycles. The van der Waals surface area contributed by atoms with Gasteiger partial charge in [0.05, 0.1) is 12.1 Å². The second-order valence-electron chi connectivity index (χ2n) is 3.23. The van der Waals surface area contributed by atoms with Gasteiger partial charge in [-0.05, 0) is 18.1 Å². The van der Waals surface area contributed by atoms with Crippen molar-refractivity contribution in [2.75, 3.05) is 7.11 Å². The average molecular weight is 248 g/mol. The summed E-state index contributed by atoms with van der Waals surface area (Å²) in [6.45, 7) is 0. The molecule has 88 valence electrons. The number of aliphatic carboxylic acids is 1. The summed E-state index contributed by atoms with van der Waals surface area (Å²) < 4.78 is 18.0. The topological polar surface area (TPSA) is 72.5 Å². The van der Waals surface area contributed by atoms with Crippen LogP contribution in [-0.4, -0.2) is 24.2 Å². The maximum absolute atomic E-state index is 13.1. The third-order valence-electron chi connectivity index (χ3n) is 2.06. The summed E-state index contributed by atoms with van der Waals surface area (Å²) in [7, 11) is 1.35. The number of nitrogens with two attached hydrogens (primary N) is 1. The molecule has 0 saturated carbocycles. The first-order valence-electron chi connectivity index (χ1n) is 4.46. The van der Waals surface area contributed by atoms with E-state index in [1.807, 2.05) is 0 Å². The van der Waals surface area contributed by atoms with E-state index in [4.69, 9.17) is 27.2 Å². The van der Waals surface area contributed by atoms with E-state index in [1.54, 1.807) is 0 Å². The first-order valence-corrected chi connectivity index (χ1v) is 4.83. The van der Waals surface area contributed by atoms with Crippen molar-refractivity contribution in [3.63, 3.8) is 0 Å². The Morgan fingerprint density at radius 3 is 2.81 bits per heavy atom. The lowest BCUT2D eigenvalue weighted by Crippen LogP contribution is -2.32. The molecular formula is C10H11ClFNO3. The smallest absolute Gasteiger partial charge is 0.320 e. The molecule has 0 spiro atoms. The molecule has 0 fully saturated rings. The van der Waals surface area contributed by atoms with Gasteiger partial charge in [0, 0.05) is 6.07 Å². The number of halogens is 2. The van der Waals surface area contributed by atoms with Crippen molar-refractivity contribution < 1.29 is 19.0 Å². The Bertz CT molecular complexity index is 411. The number of hydrogen-bond acceptors (Lipinski definition) is 3. The van der Waals surface area contributed by atoms with Gasteiger partial charge < -0.3 is 15.6 Å². The molecule has 0 saturated heterocycles. The predicted octanol–water partition coefficient (Wildman–Crippen LogP) is 1.44. The maximum atomic E-state index is 13.1. The van der Waals surface area contributed by atoms with E-state index >= 15 is 0 Å². The first kappa shape index (κ1) is 12.7. The Labute approximate surface area is 96.8 Å². The normalized spacial score (nSPS) is 12.2. The number of ether oxygens (including phenoxy) is 1. The summed E-state index contributed by atoms with van der Waals surface area (Å²) in [5, 5.41) is 8.82. The van der Waals surface area contributed by atoms with Gasteiger partial charge >= 0.3 is 5.97 Å². The molecule has 0 aromatic heterocycles. The van der Waals surface area contributed by atoms with Gasteiger partial charge in [0.1, 0.15) is 17.6 Å². The van der Waals surface area contributed by atoms with E-state index < -0.39 is 17.8 Å². The molecule has 4 nitrogen and oxygen atoms in total. The molecule has 0 aliphatic heterocycles. The Morgan fingerprint density at radius 1 is 1.69 bits per heavy atom. The highest BCUT2D eigenvalue weighted by Gasteiger charge is 2.17. The molecule has 3 N–H and O–H groups in total. The molecule has 1 rings (SSSR count). The molecule has 1 aromatic rings. The Kier molecular flexibility index (Phi) is 4.09. The van der Waals surface area contributed by atoms with Crippen LogP contribution in [0.4, 0.5) is 4.39 Å². The molecule has 16 heavy (non-hydrogen) atoms. The largest absolute Gasteiger partial charge is 0.495 e. The lowest BCUT2D eigenvalue weighted by Gasteiger charge is -2.11. The summed E-state index contributed by atoms with van der Waals surface area (Å²) >= 11 is 5.89. The molecule has 0 radical (unpaired) electrons. The number of rotatable bonds is 4. The fraction of sp³-hybridized carbons (Fsp3) is 0.300. The van der Waals surface area contributed by atoms with Crippen LogP contribution in [0.1, 0.15) is 5.56 Å². The number of carboxylic acid groups (broad SMARTS) is 1. The predicted molar refractivity (Wildman–Crippen MR) is 57.3 cm³/mol. The average Bonchev–Trinajstić information content (AvgIpc) is 2.22. The second kappa shape index (κ2) is 5.14. The number of hydrogen-bond donors (Lipinski definition) is 2. The van der Waals surface area contributed by atoms with Crippen molar-refractivity contribution in [3.05, 3.63) is 28.5 Å². The third-order valence-corrected chi connectivity index (χ3v) is 2.49. The van der Waals surface area contributed by atoms with Crippen LogP contribution in [0.3, 0.4) is 0 Å². The zero-order chi connectivity index (χ0) is 12.3. The fourth-order valence-electron chi connectivity index (χ4n) is 1.24. The van der Waals surface area contributed by atoms with Crippen LogP contribution in [0.5, 0.6) is 5.75 Å². The highest BCUT2D eigenvalue weighted by atomic mass is 35.5. The third kappa shape index (κ3) is 2.84. The summed E-state index contributed by atoms with van der Waals surface area (Å²) in [6.07, 6.45) is -0.0533. The van der Waals surface area contributed by atoms with E-state index in [-0.39, 0.29) is 17.2 Å². The van der Waals surface area contributed by atoms with Gasteiger partial charge in [-0.3, -0.25) is 4.79 Å². The minimum absolute atomic E-state index is 0.0533. The molecule has 0 aliphatic carbocycles.